The second kappa shape index (κ2) is 5.96. The third-order valence-electron chi connectivity index (χ3n) is 4.89. The Kier molecular flexibility index (Phi) is 4.18. The number of thiazole rings is 1. The second-order valence-corrected chi connectivity index (χ2v) is 7.30. The fourth-order valence-corrected chi connectivity index (χ4v) is 4.17. The predicted molar refractivity (Wildman–Crippen MR) is 84.8 cm³/mol. The molecule has 0 aromatic carbocycles. The van der Waals surface area contributed by atoms with Gasteiger partial charge in [0.2, 0.25) is 0 Å². The molecule has 2 saturated heterocycles. The van der Waals surface area contributed by atoms with Gasteiger partial charge in [0.05, 0.1) is 11.2 Å². The van der Waals surface area contributed by atoms with E-state index in [0.717, 1.165) is 44.6 Å². The van der Waals surface area contributed by atoms with E-state index >= 15 is 0 Å². The molecular weight excluding hydrogens is 300 g/mol. The topological polar surface area (TPSA) is 74.3 Å². The van der Waals surface area contributed by atoms with Gasteiger partial charge in [-0.25, -0.2) is 9.78 Å². The van der Waals surface area contributed by atoms with E-state index in [1.165, 1.54) is 4.88 Å². The first kappa shape index (κ1) is 15.4. The van der Waals surface area contributed by atoms with E-state index in [9.17, 15) is 9.59 Å². The lowest BCUT2D eigenvalue weighted by Gasteiger charge is -2.39. The number of carbonyl (C=O) groups excluding carboxylic acids is 2. The Bertz CT molecular complexity index is 588. The summed E-state index contributed by atoms with van der Waals surface area (Å²) in [7, 11) is 0. The van der Waals surface area contributed by atoms with Crippen LogP contribution >= 0.6 is 11.3 Å². The zero-order valence-electron chi connectivity index (χ0n) is 13.0. The van der Waals surface area contributed by atoms with E-state index in [1.54, 1.807) is 11.3 Å². The lowest BCUT2D eigenvalue weighted by molar-refractivity contribution is -0.126. The summed E-state index contributed by atoms with van der Waals surface area (Å²) >= 11 is 1.71. The maximum Gasteiger partial charge on any atom is 0.322 e. The molecule has 0 aliphatic carbocycles. The Morgan fingerprint density at radius 2 is 2.32 bits per heavy atom. The van der Waals surface area contributed by atoms with E-state index in [4.69, 9.17) is 0 Å². The molecule has 0 bridgehead atoms. The van der Waals surface area contributed by atoms with Crippen molar-refractivity contribution in [2.75, 3.05) is 19.6 Å². The first-order valence-electron chi connectivity index (χ1n) is 7.74. The van der Waals surface area contributed by atoms with Gasteiger partial charge in [0.15, 0.2) is 0 Å². The smallest absolute Gasteiger partial charge is 0.322 e. The largest absolute Gasteiger partial charge is 0.323 e. The fraction of sp³-hybridized carbons (Fsp3) is 0.667. The van der Waals surface area contributed by atoms with Crippen molar-refractivity contribution in [2.24, 2.45) is 5.92 Å². The quantitative estimate of drug-likeness (QED) is 0.820. The molecule has 3 heterocycles. The molecule has 2 N–H and O–H groups in total. The normalized spacial score (nSPS) is 29.5. The molecule has 2 aliphatic heterocycles. The van der Waals surface area contributed by atoms with Crippen LogP contribution in [0.1, 0.15) is 30.3 Å². The van der Waals surface area contributed by atoms with Crippen LogP contribution < -0.4 is 10.6 Å². The van der Waals surface area contributed by atoms with Crippen molar-refractivity contribution in [1.82, 2.24) is 20.5 Å². The third kappa shape index (κ3) is 2.87. The van der Waals surface area contributed by atoms with Crippen LogP contribution in [0.15, 0.2) is 5.51 Å². The van der Waals surface area contributed by atoms with Crippen LogP contribution in [0.4, 0.5) is 4.79 Å². The Morgan fingerprint density at radius 3 is 2.95 bits per heavy atom. The number of rotatable bonds is 4. The molecule has 3 amide bonds. The highest BCUT2D eigenvalue weighted by atomic mass is 32.1. The van der Waals surface area contributed by atoms with Gasteiger partial charge < -0.3 is 10.2 Å². The van der Waals surface area contributed by atoms with Crippen LogP contribution in [-0.4, -0.2) is 47.0 Å². The molecule has 1 aromatic heterocycles. The number of hydrogen-bond acceptors (Lipinski definition) is 5. The summed E-state index contributed by atoms with van der Waals surface area (Å²) in [5.74, 6) is -0.0297. The minimum absolute atomic E-state index is 0.162. The Morgan fingerprint density at radius 1 is 1.50 bits per heavy atom. The van der Waals surface area contributed by atoms with Crippen molar-refractivity contribution >= 4 is 23.3 Å². The number of carbonyl (C=O) groups is 2. The average Bonchev–Trinajstić information content (AvgIpc) is 3.01. The number of amides is 3. The number of imide groups is 1. The van der Waals surface area contributed by atoms with Crippen LogP contribution in [0, 0.1) is 12.8 Å². The molecule has 2 aliphatic rings. The lowest BCUT2D eigenvalue weighted by atomic mass is 9.80. The number of piperidine rings is 1. The minimum Gasteiger partial charge on any atom is -0.323 e. The predicted octanol–water partition coefficient (Wildman–Crippen LogP) is 1.30. The Labute approximate surface area is 134 Å². The first-order chi connectivity index (χ1) is 10.5. The number of likely N-dealkylation sites (tertiary alicyclic amines) is 1. The Hall–Kier alpha value is -1.47. The van der Waals surface area contributed by atoms with Gasteiger partial charge in [-0.15, -0.1) is 11.3 Å². The molecule has 0 radical (unpaired) electrons. The molecule has 1 aromatic rings. The number of urea groups is 1. The summed E-state index contributed by atoms with van der Waals surface area (Å²) in [6, 6.07) is -0.370. The van der Waals surface area contributed by atoms with E-state index in [1.807, 2.05) is 19.4 Å². The molecule has 7 heteroatoms. The monoisotopic (exact) mass is 322 g/mol. The van der Waals surface area contributed by atoms with E-state index in [2.05, 4.69) is 20.5 Å². The van der Waals surface area contributed by atoms with Crippen molar-refractivity contribution in [1.29, 1.82) is 0 Å². The van der Waals surface area contributed by atoms with Gasteiger partial charge in [0, 0.05) is 23.9 Å². The Balaban J connectivity index is 1.61. The van der Waals surface area contributed by atoms with Crippen LogP contribution in [0.25, 0.3) is 0 Å². The van der Waals surface area contributed by atoms with Gasteiger partial charge >= 0.3 is 6.03 Å². The number of nitrogens with zero attached hydrogens (tertiary/aromatic N) is 2. The van der Waals surface area contributed by atoms with Crippen LogP contribution in [0.5, 0.6) is 0 Å². The minimum atomic E-state index is -0.768. The van der Waals surface area contributed by atoms with E-state index in [-0.39, 0.29) is 17.9 Å². The fourth-order valence-electron chi connectivity index (χ4n) is 3.40. The number of aryl methyl sites for hydroxylation is 1. The van der Waals surface area contributed by atoms with Crippen LogP contribution in [-0.2, 0) is 11.2 Å². The molecule has 0 spiro atoms. The maximum atomic E-state index is 12.1. The van der Waals surface area contributed by atoms with E-state index in [0.29, 0.717) is 0 Å². The van der Waals surface area contributed by atoms with Crippen molar-refractivity contribution in [3.8, 4) is 0 Å². The van der Waals surface area contributed by atoms with Gasteiger partial charge in [-0.2, -0.15) is 0 Å². The lowest BCUT2D eigenvalue weighted by Crippen LogP contribution is -2.55. The highest BCUT2D eigenvalue weighted by molar-refractivity contribution is 7.09. The number of hydrogen-bond donors (Lipinski definition) is 2. The molecule has 3 rings (SSSR count). The van der Waals surface area contributed by atoms with Crippen molar-refractivity contribution in [2.45, 2.75) is 38.6 Å². The summed E-state index contributed by atoms with van der Waals surface area (Å²) in [4.78, 5) is 31.6. The van der Waals surface area contributed by atoms with Gasteiger partial charge in [0.25, 0.3) is 5.91 Å². The SMILES string of the molecule is Cc1ncsc1CCN1CCC[C@H]([C@@]2(C)NC(=O)NC2=O)C1. The summed E-state index contributed by atoms with van der Waals surface area (Å²) in [6.45, 7) is 6.77. The summed E-state index contributed by atoms with van der Waals surface area (Å²) in [6.07, 6.45) is 3.03. The van der Waals surface area contributed by atoms with Crippen molar-refractivity contribution < 1.29 is 9.59 Å². The molecule has 0 unspecified atom stereocenters. The number of aromatic nitrogens is 1. The van der Waals surface area contributed by atoms with Gasteiger partial charge in [0.1, 0.15) is 5.54 Å². The zero-order valence-corrected chi connectivity index (χ0v) is 13.8. The first-order valence-corrected chi connectivity index (χ1v) is 8.62. The maximum absolute atomic E-state index is 12.1. The van der Waals surface area contributed by atoms with Crippen molar-refractivity contribution in [3.05, 3.63) is 16.1 Å². The zero-order chi connectivity index (χ0) is 15.7. The van der Waals surface area contributed by atoms with Gasteiger partial charge in [-0.3, -0.25) is 10.1 Å². The highest BCUT2D eigenvalue weighted by Crippen LogP contribution is 2.29. The third-order valence-corrected chi connectivity index (χ3v) is 5.89. The summed E-state index contributed by atoms with van der Waals surface area (Å²) in [5.41, 5.74) is 2.24. The molecule has 22 heavy (non-hydrogen) atoms. The van der Waals surface area contributed by atoms with Crippen LogP contribution in [0.2, 0.25) is 0 Å². The van der Waals surface area contributed by atoms with Gasteiger partial charge in [-0.05, 0) is 39.7 Å². The molecular formula is C15H22N4O2S. The molecule has 2 atom stereocenters. The number of nitrogens with one attached hydrogen (secondary N) is 2. The summed E-state index contributed by atoms with van der Waals surface area (Å²) < 4.78 is 0. The van der Waals surface area contributed by atoms with Gasteiger partial charge in [-0.1, -0.05) is 0 Å². The van der Waals surface area contributed by atoms with E-state index < -0.39 is 5.54 Å². The summed E-state index contributed by atoms with van der Waals surface area (Å²) in [5, 5.41) is 5.18. The highest BCUT2D eigenvalue weighted by Gasteiger charge is 2.48. The van der Waals surface area contributed by atoms with Crippen LogP contribution in [0.3, 0.4) is 0 Å². The molecule has 6 nitrogen and oxygen atoms in total. The standard InChI is InChI=1S/C15H22N4O2S/c1-10-12(22-9-16-10)5-7-19-6-3-4-11(8-19)15(2)13(20)17-14(21)18-15/h9,11H,3-8H2,1-2H3,(H2,17,18,20,21)/t11-,15+/m0/s1. The molecule has 0 saturated carbocycles. The average molecular weight is 322 g/mol. The van der Waals surface area contributed by atoms with Crippen molar-refractivity contribution in [3.63, 3.8) is 0 Å². The molecule has 2 fully saturated rings. The second-order valence-electron chi connectivity index (χ2n) is 6.36. The molecule has 120 valence electrons.